The first-order chi connectivity index (χ1) is 7.63. The SMILES string of the molecule is CCCCOC(=O)CN1CCC(C(C)N)C1. The molecule has 4 nitrogen and oxygen atoms in total. The smallest absolute Gasteiger partial charge is 0.320 e. The van der Waals surface area contributed by atoms with Gasteiger partial charge in [-0.2, -0.15) is 0 Å². The van der Waals surface area contributed by atoms with Crippen molar-refractivity contribution in [2.24, 2.45) is 11.7 Å². The highest BCUT2D eigenvalue weighted by Crippen LogP contribution is 2.18. The molecule has 2 unspecified atom stereocenters. The predicted molar refractivity (Wildman–Crippen MR) is 64.1 cm³/mol. The third kappa shape index (κ3) is 4.49. The second-order valence-corrected chi connectivity index (χ2v) is 4.72. The van der Waals surface area contributed by atoms with Gasteiger partial charge in [0, 0.05) is 12.6 Å². The normalized spacial score (nSPS) is 23.3. The molecule has 4 heteroatoms. The van der Waals surface area contributed by atoms with Gasteiger partial charge >= 0.3 is 5.97 Å². The second-order valence-electron chi connectivity index (χ2n) is 4.72. The van der Waals surface area contributed by atoms with E-state index in [1.54, 1.807) is 0 Å². The van der Waals surface area contributed by atoms with Crippen LogP contribution in [0, 0.1) is 5.92 Å². The second kappa shape index (κ2) is 6.86. The molecule has 2 N–H and O–H groups in total. The summed E-state index contributed by atoms with van der Waals surface area (Å²) >= 11 is 0. The molecule has 0 saturated carbocycles. The van der Waals surface area contributed by atoms with E-state index in [1.165, 1.54) is 0 Å². The van der Waals surface area contributed by atoms with Crippen molar-refractivity contribution < 1.29 is 9.53 Å². The van der Waals surface area contributed by atoms with Gasteiger partial charge in [-0.3, -0.25) is 9.69 Å². The van der Waals surface area contributed by atoms with Gasteiger partial charge in [0.2, 0.25) is 0 Å². The molecule has 0 spiro atoms. The molecule has 1 aliphatic rings. The fourth-order valence-electron chi connectivity index (χ4n) is 1.99. The lowest BCUT2D eigenvalue weighted by Crippen LogP contribution is -2.33. The lowest BCUT2D eigenvalue weighted by molar-refractivity contribution is -0.144. The highest BCUT2D eigenvalue weighted by molar-refractivity contribution is 5.71. The van der Waals surface area contributed by atoms with Crippen molar-refractivity contribution >= 4 is 5.97 Å². The number of nitrogens with two attached hydrogens (primary N) is 1. The van der Waals surface area contributed by atoms with Gasteiger partial charge in [0.15, 0.2) is 0 Å². The van der Waals surface area contributed by atoms with Gasteiger partial charge in [-0.25, -0.2) is 0 Å². The number of esters is 1. The molecule has 0 aromatic carbocycles. The Balaban J connectivity index is 2.16. The van der Waals surface area contributed by atoms with E-state index in [9.17, 15) is 4.79 Å². The zero-order valence-electron chi connectivity index (χ0n) is 10.4. The molecular weight excluding hydrogens is 204 g/mol. The van der Waals surface area contributed by atoms with Gasteiger partial charge in [0.25, 0.3) is 0 Å². The first-order valence-electron chi connectivity index (χ1n) is 6.27. The van der Waals surface area contributed by atoms with Crippen LogP contribution >= 0.6 is 0 Å². The van der Waals surface area contributed by atoms with Crippen LogP contribution < -0.4 is 5.73 Å². The van der Waals surface area contributed by atoms with E-state index in [-0.39, 0.29) is 12.0 Å². The Morgan fingerprint density at radius 1 is 1.62 bits per heavy atom. The molecular formula is C12H24N2O2. The van der Waals surface area contributed by atoms with E-state index in [0.29, 0.717) is 19.1 Å². The highest BCUT2D eigenvalue weighted by atomic mass is 16.5. The van der Waals surface area contributed by atoms with Gasteiger partial charge in [0.1, 0.15) is 0 Å². The number of rotatable bonds is 6. The minimum absolute atomic E-state index is 0.0984. The Morgan fingerprint density at radius 2 is 2.38 bits per heavy atom. The van der Waals surface area contributed by atoms with Gasteiger partial charge < -0.3 is 10.5 Å². The van der Waals surface area contributed by atoms with Crippen LogP contribution in [0.15, 0.2) is 0 Å². The quantitative estimate of drug-likeness (QED) is 0.544. The van der Waals surface area contributed by atoms with Crippen LogP contribution in [0.25, 0.3) is 0 Å². The monoisotopic (exact) mass is 228 g/mol. The molecule has 1 aliphatic heterocycles. The fourth-order valence-corrected chi connectivity index (χ4v) is 1.99. The number of carbonyl (C=O) groups excluding carboxylic acids is 1. The van der Waals surface area contributed by atoms with Crippen molar-refractivity contribution in [2.75, 3.05) is 26.2 Å². The zero-order valence-corrected chi connectivity index (χ0v) is 10.4. The van der Waals surface area contributed by atoms with Crippen molar-refractivity contribution in [3.05, 3.63) is 0 Å². The van der Waals surface area contributed by atoms with E-state index in [0.717, 1.165) is 32.4 Å². The number of unbranched alkanes of at least 4 members (excludes halogenated alkanes) is 1. The Bertz CT molecular complexity index is 219. The molecule has 0 amide bonds. The molecule has 16 heavy (non-hydrogen) atoms. The van der Waals surface area contributed by atoms with E-state index >= 15 is 0 Å². The van der Waals surface area contributed by atoms with Gasteiger partial charge in [0.05, 0.1) is 13.2 Å². The predicted octanol–water partition coefficient (Wildman–Crippen LogP) is 0.999. The van der Waals surface area contributed by atoms with Gasteiger partial charge in [-0.15, -0.1) is 0 Å². The highest BCUT2D eigenvalue weighted by Gasteiger charge is 2.26. The summed E-state index contributed by atoms with van der Waals surface area (Å²) in [5.41, 5.74) is 5.85. The van der Waals surface area contributed by atoms with E-state index in [4.69, 9.17) is 10.5 Å². The number of likely N-dealkylation sites (tertiary alicyclic amines) is 1. The average Bonchev–Trinajstić information content (AvgIpc) is 2.66. The first-order valence-corrected chi connectivity index (χ1v) is 6.27. The lowest BCUT2D eigenvalue weighted by Gasteiger charge is -2.16. The number of nitrogens with zero attached hydrogens (tertiary/aromatic N) is 1. The first kappa shape index (κ1) is 13.5. The minimum Gasteiger partial charge on any atom is -0.465 e. The molecule has 0 bridgehead atoms. The lowest BCUT2D eigenvalue weighted by atomic mass is 10.0. The molecule has 1 saturated heterocycles. The largest absolute Gasteiger partial charge is 0.465 e. The van der Waals surface area contributed by atoms with Crippen LogP contribution in [-0.2, 0) is 9.53 Å². The van der Waals surface area contributed by atoms with Crippen LogP contribution in [-0.4, -0.2) is 43.2 Å². The zero-order chi connectivity index (χ0) is 12.0. The van der Waals surface area contributed by atoms with E-state index < -0.39 is 0 Å². The van der Waals surface area contributed by atoms with E-state index in [2.05, 4.69) is 11.8 Å². The third-order valence-corrected chi connectivity index (χ3v) is 3.17. The summed E-state index contributed by atoms with van der Waals surface area (Å²) in [6, 6.07) is 0.223. The summed E-state index contributed by atoms with van der Waals surface area (Å²) in [4.78, 5) is 13.6. The van der Waals surface area contributed by atoms with Crippen molar-refractivity contribution in [1.29, 1.82) is 0 Å². The summed E-state index contributed by atoms with van der Waals surface area (Å²) < 4.78 is 5.13. The van der Waals surface area contributed by atoms with Crippen LogP contribution in [0.1, 0.15) is 33.1 Å². The number of hydrogen-bond donors (Lipinski definition) is 1. The molecule has 0 aromatic rings. The maximum Gasteiger partial charge on any atom is 0.320 e. The van der Waals surface area contributed by atoms with Crippen LogP contribution in [0.3, 0.4) is 0 Å². The summed E-state index contributed by atoms with van der Waals surface area (Å²) in [7, 11) is 0. The third-order valence-electron chi connectivity index (χ3n) is 3.17. The van der Waals surface area contributed by atoms with Gasteiger partial charge in [-0.1, -0.05) is 13.3 Å². The molecule has 0 aromatic heterocycles. The number of hydrogen-bond acceptors (Lipinski definition) is 4. The van der Waals surface area contributed by atoms with Crippen molar-refractivity contribution in [1.82, 2.24) is 4.90 Å². The average molecular weight is 228 g/mol. The fraction of sp³-hybridized carbons (Fsp3) is 0.917. The summed E-state index contributed by atoms with van der Waals surface area (Å²) in [5.74, 6) is 0.433. The Kier molecular flexibility index (Phi) is 5.77. The maximum atomic E-state index is 11.5. The molecule has 2 atom stereocenters. The molecule has 1 fully saturated rings. The van der Waals surface area contributed by atoms with Gasteiger partial charge in [-0.05, 0) is 32.2 Å². The Morgan fingerprint density at radius 3 is 2.94 bits per heavy atom. The van der Waals surface area contributed by atoms with Crippen LogP contribution in [0.5, 0.6) is 0 Å². The van der Waals surface area contributed by atoms with Crippen LogP contribution in [0.4, 0.5) is 0 Å². The summed E-state index contributed by atoms with van der Waals surface area (Å²) in [5, 5.41) is 0. The Labute approximate surface area is 98.1 Å². The van der Waals surface area contributed by atoms with Crippen LogP contribution in [0.2, 0.25) is 0 Å². The molecule has 94 valence electrons. The van der Waals surface area contributed by atoms with Crippen molar-refractivity contribution in [3.63, 3.8) is 0 Å². The topological polar surface area (TPSA) is 55.6 Å². The van der Waals surface area contributed by atoms with E-state index in [1.807, 2.05) is 6.92 Å². The summed E-state index contributed by atoms with van der Waals surface area (Å²) in [6.45, 7) is 7.00. The Hall–Kier alpha value is -0.610. The maximum absolute atomic E-state index is 11.5. The standard InChI is InChI=1S/C12H24N2O2/c1-3-4-7-16-12(15)9-14-6-5-11(8-14)10(2)13/h10-11H,3-9,13H2,1-2H3. The van der Waals surface area contributed by atoms with Crippen molar-refractivity contribution in [2.45, 2.75) is 39.2 Å². The molecule has 1 heterocycles. The molecule has 0 aliphatic carbocycles. The molecule has 0 radical (unpaired) electrons. The molecule has 1 rings (SSSR count). The van der Waals surface area contributed by atoms with Crippen molar-refractivity contribution in [3.8, 4) is 0 Å². The number of carbonyl (C=O) groups is 1. The minimum atomic E-state index is -0.0984. The summed E-state index contributed by atoms with van der Waals surface area (Å²) in [6.07, 6.45) is 3.11. The number of ether oxygens (including phenoxy) is 1.